The molecule has 0 spiro atoms. The second-order valence-corrected chi connectivity index (χ2v) is 3.96. The van der Waals surface area contributed by atoms with Gasteiger partial charge in [-0.2, -0.15) is 0 Å². The number of esters is 1. The molecule has 0 saturated carbocycles. The first-order chi connectivity index (χ1) is 8.26. The molecule has 1 aromatic rings. The van der Waals surface area contributed by atoms with Crippen LogP contribution in [0.3, 0.4) is 0 Å². The average Bonchev–Trinajstić information content (AvgIpc) is 2.37. The first-order valence-corrected chi connectivity index (χ1v) is 5.84. The van der Waals surface area contributed by atoms with Crippen LogP contribution >= 0.6 is 0 Å². The summed E-state index contributed by atoms with van der Waals surface area (Å²) in [6, 6.07) is 3.75. The van der Waals surface area contributed by atoms with Crippen molar-refractivity contribution in [2.45, 2.75) is 19.9 Å². The van der Waals surface area contributed by atoms with Gasteiger partial charge in [0.1, 0.15) is 5.75 Å². The summed E-state index contributed by atoms with van der Waals surface area (Å²) in [5, 5.41) is 3.27. The molecule has 0 fully saturated rings. The highest BCUT2D eigenvalue weighted by atomic mass is 16.5. The van der Waals surface area contributed by atoms with Crippen molar-refractivity contribution in [3.8, 4) is 5.75 Å². The molecule has 0 radical (unpaired) electrons. The Morgan fingerprint density at radius 1 is 1.47 bits per heavy atom. The van der Waals surface area contributed by atoms with E-state index in [1.54, 1.807) is 13.2 Å². The van der Waals surface area contributed by atoms with Crippen LogP contribution in [0.2, 0.25) is 0 Å². The molecule has 0 atom stereocenters. The van der Waals surface area contributed by atoms with Gasteiger partial charge in [0.15, 0.2) is 0 Å². The molecule has 0 unspecified atom stereocenters. The van der Waals surface area contributed by atoms with Gasteiger partial charge in [0.2, 0.25) is 0 Å². The summed E-state index contributed by atoms with van der Waals surface area (Å²) < 4.78 is 10.3. The largest absolute Gasteiger partial charge is 0.497 e. The predicted molar refractivity (Wildman–Crippen MR) is 64.4 cm³/mol. The lowest BCUT2D eigenvalue weighted by atomic mass is 9.95. The molecule has 2 rings (SSSR count). The van der Waals surface area contributed by atoms with Crippen LogP contribution in [0.25, 0.3) is 0 Å². The zero-order chi connectivity index (χ0) is 12.3. The van der Waals surface area contributed by atoms with Crippen LogP contribution in [0.4, 0.5) is 0 Å². The van der Waals surface area contributed by atoms with Crippen LogP contribution in [-0.2, 0) is 17.7 Å². The fraction of sp³-hybridized carbons (Fsp3) is 0.462. The van der Waals surface area contributed by atoms with Crippen LogP contribution in [0.5, 0.6) is 5.75 Å². The van der Waals surface area contributed by atoms with Crippen molar-refractivity contribution in [2.75, 3.05) is 20.3 Å². The number of ether oxygens (including phenoxy) is 2. The maximum Gasteiger partial charge on any atom is 0.338 e. The van der Waals surface area contributed by atoms with Gasteiger partial charge in [-0.05, 0) is 43.1 Å². The highest BCUT2D eigenvalue weighted by Gasteiger charge is 2.20. The fourth-order valence-electron chi connectivity index (χ4n) is 2.08. The molecule has 0 saturated heterocycles. The van der Waals surface area contributed by atoms with E-state index in [2.05, 4.69) is 5.32 Å². The van der Waals surface area contributed by atoms with Gasteiger partial charge in [0, 0.05) is 6.54 Å². The zero-order valence-corrected chi connectivity index (χ0v) is 10.2. The van der Waals surface area contributed by atoms with Gasteiger partial charge in [-0.15, -0.1) is 0 Å². The standard InChI is InChI=1S/C13H17NO3/c1-3-17-13(15)11-7-10(16-2)6-9-4-5-14-8-12(9)11/h6-7,14H,3-5,8H2,1-2H3. The van der Waals surface area contributed by atoms with Crippen LogP contribution < -0.4 is 10.1 Å². The molecule has 4 nitrogen and oxygen atoms in total. The molecule has 1 heterocycles. The smallest absolute Gasteiger partial charge is 0.338 e. The predicted octanol–water partition coefficient (Wildman–Crippen LogP) is 1.52. The zero-order valence-electron chi connectivity index (χ0n) is 10.2. The summed E-state index contributed by atoms with van der Waals surface area (Å²) in [5.74, 6) is 0.444. The highest BCUT2D eigenvalue weighted by Crippen LogP contribution is 2.25. The average molecular weight is 235 g/mol. The molecule has 1 aliphatic heterocycles. The Kier molecular flexibility index (Phi) is 3.64. The minimum atomic E-state index is -0.272. The minimum Gasteiger partial charge on any atom is -0.497 e. The van der Waals surface area contributed by atoms with E-state index in [0.717, 1.165) is 18.5 Å². The maximum absolute atomic E-state index is 11.9. The normalized spacial score (nSPS) is 14.0. The molecule has 0 bridgehead atoms. The second-order valence-electron chi connectivity index (χ2n) is 3.96. The SMILES string of the molecule is CCOC(=O)c1cc(OC)cc2c1CNCC2. The second kappa shape index (κ2) is 5.19. The number of nitrogens with one attached hydrogen (secondary N) is 1. The van der Waals surface area contributed by atoms with Crippen molar-refractivity contribution in [3.63, 3.8) is 0 Å². The quantitative estimate of drug-likeness (QED) is 0.807. The molecule has 1 N–H and O–H groups in total. The summed E-state index contributed by atoms with van der Waals surface area (Å²) in [6.07, 6.45) is 0.916. The van der Waals surface area contributed by atoms with Gasteiger partial charge in [-0.25, -0.2) is 4.79 Å². The Hall–Kier alpha value is -1.55. The van der Waals surface area contributed by atoms with Gasteiger partial charge in [-0.1, -0.05) is 0 Å². The summed E-state index contributed by atoms with van der Waals surface area (Å²) in [5.41, 5.74) is 2.83. The Balaban J connectivity index is 2.44. The van der Waals surface area contributed by atoms with Gasteiger partial charge in [-0.3, -0.25) is 0 Å². The third-order valence-corrected chi connectivity index (χ3v) is 2.92. The number of benzene rings is 1. The van der Waals surface area contributed by atoms with Gasteiger partial charge < -0.3 is 14.8 Å². The lowest BCUT2D eigenvalue weighted by Gasteiger charge is -2.20. The number of hydrogen-bond acceptors (Lipinski definition) is 4. The van der Waals surface area contributed by atoms with E-state index in [9.17, 15) is 4.79 Å². The van der Waals surface area contributed by atoms with Crippen LogP contribution in [0, 0.1) is 0 Å². The Bertz CT molecular complexity index is 429. The third-order valence-electron chi connectivity index (χ3n) is 2.92. The maximum atomic E-state index is 11.9. The number of rotatable bonds is 3. The fourth-order valence-corrected chi connectivity index (χ4v) is 2.08. The first kappa shape index (κ1) is 11.9. The molecule has 17 heavy (non-hydrogen) atoms. The minimum absolute atomic E-state index is 0.272. The molecule has 1 aromatic carbocycles. The van der Waals surface area contributed by atoms with Crippen molar-refractivity contribution in [2.24, 2.45) is 0 Å². The van der Waals surface area contributed by atoms with Gasteiger partial charge >= 0.3 is 5.97 Å². The van der Waals surface area contributed by atoms with Crippen molar-refractivity contribution in [1.82, 2.24) is 5.32 Å². The summed E-state index contributed by atoms with van der Waals surface area (Å²) >= 11 is 0. The lowest BCUT2D eigenvalue weighted by Crippen LogP contribution is -2.26. The van der Waals surface area contributed by atoms with E-state index in [1.165, 1.54) is 5.56 Å². The topological polar surface area (TPSA) is 47.6 Å². The van der Waals surface area contributed by atoms with E-state index in [-0.39, 0.29) is 5.97 Å². The van der Waals surface area contributed by atoms with E-state index in [4.69, 9.17) is 9.47 Å². The van der Waals surface area contributed by atoms with E-state index < -0.39 is 0 Å². The lowest BCUT2D eigenvalue weighted by molar-refractivity contribution is 0.0524. The van der Waals surface area contributed by atoms with Crippen molar-refractivity contribution < 1.29 is 14.3 Å². The van der Waals surface area contributed by atoms with Crippen LogP contribution in [0.15, 0.2) is 12.1 Å². The van der Waals surface area contributed by atoms with E-state index >= 15 is 0 Å². The Morgan fingerprint density at radius 2 is 2.29 bits per heavy atom. The molecule has 1 aliphatic rings. The number of carbonyl (C=O) groups excluding carboxylic acids is 1. The molecule has 0 aliphatic carbocycles. The molecular weight excluding hydrogens is 218 g/mol. The summed E-state index contributed by atoms with van der Waals surface area (Å²) in [4.78, 5) is 11.9. The van der Waals surface area contributed by atoms with Crippen molar-refractivity contribution in [1.29, 1.82) is 0 Å². The van der Waals surface area contributed by atoms with Crippen molar-refractivity contribution >= 4 is 5.97 Å². The number of fused-ring (bicyclic) bond motifs is 1. The van der Waals surface area contributed by atoms with Crippen LogP contribution in [-0.4, -0.2) is 26.2 Å². The number of methoxy groups -OCH3 is 1. The Labute approximate surface area is 101 Å². The summed E-state index contributed by atoms with van der Waals surface area (Å²) in [6.45, 7) is 3.84. The third kappa shape index (κ3) is 2.42. The number of hydrogen-bond donors (Lipinski definition) is 1. The van der Waals surface area contributed by atoms with E-state index in [1.807, 2.05) is 13.0 Å². The molecule has 0 amide bonds. The van der Waals surface area contributed by atoms with Crippen LogP contribution in [0.1, 0.15) is 28.4 Å². The van der Waals surface area contributed by atoms with Gasteiger partial charge in [0.05, 0.1) is 19.3 Å². The van der Waals surface area contributed by atoms with E-state index in [0.29, 0.717) is 24.5 Å². The summed E-state index contributed by atoms with van der Waals surface area (Å²) in [7, 11) is 1.61. The molecular formula is C13H17NO3. The van der Waals surface area contributed by atoms with Crippen molar-refractivity contribution in [3.05, 3.63) is 28.8 Å². The molecule has 4 heteroatoms. The monoisotopic (exact) mass is 235 g/mol. The van der Waals surface area contributed by atoms with Gasteiger partial charge in [0.25, 0.3) is 0 Å². The number of carbonyl (C=O) groups is 1. The highest BCUT2D eigenvalue weighted by molar-refractivity contribution is 5.92. The molecule has 92 valence electrons. The Morgan fingerprint density at radius 3 is 3.00 bits per heavy atom. The molecule has 0 aromatic heterocycles. The first-order valence-electron chi connectivity index (χ1n) is 5.84.